The summed E-state index contributed by atoms with van der Waals surface area (Å²) < 4.78 is 1.12. The van der Waals surface area contributed by atoms with Gasteiger partial charge >= 0.3 is 0 Å². The fraction of sp³-hybridized carbons (Fsp3) is 0.533. The zero-order chi connectivity index (χ0) is 13.7. The first-order chi connectivity index (χ1) is 9.17. The molecule has 0 radical (unpaired) electrons. The Morgan fingerprint density at radius 3 is 3.11 bits per heavy atom. The van der Waals surface area contributed by atoms with Crippen LogP contribution in [0.1, 0.15) is 32.6 Å². The molecule has 1 aliphatic carbocycles. The van der Waals surface area contributed by atoms with E-state index in [-0.39, 0.29) is 5.54 Å². The van der Waals surface area contributed by atoms with Crippen molar-refractivity contribution in [2.45, 2.75) is 48.3 Å². The van der Waals surface area contributed by atoms with Crippen molar-refractivity contribution in [1.82, 2.24) is 5.32 Å². The Bertz CT molecular complexity index is 467. The van der Waals surface area contributed by atoms with Gasteiger partial charge in [-0.2, -0.15) is 5.26 Å². The molecule has 19 heavy (non-hydrogen) atoms. The van der Waals surface area contributed by atoms with Crippen LogP contribution in [0.25, 0.3) is 0 Å². The number of hydrogen-bond acceptors (Lipinski definition) is 3. The predicted molar refractivity (Wildman–Crippen MR) is 84.3 cm³/mol. The first-order valence-corrected chi connectivity index (χ1v) is 8.43. The minimum Gasteiger partial charge on any atom is -0.300 e. The van der Waals surface area contributed by atoms with Crippen molar-refractivity contribution in [3.8, 4) is 6.07 Å². The highest BCUT2D eigenvalue weighted by molar-refractivity contribution is 9.10. The van der Waals surface area contributed by atoms with Crippen molar-refractivity contribution in [2.75, 3.05) is 6.54 Å². The van der Waals surface area contributed by atoms with Gasteiger partial charge in [-0.25, -0.2) is 0 Å². The standard InChI is InChI=1S/C15H19BrN2S/c1-2-18-15(11-17)8-4-7-14(10-15)19-13-6-3-5-12(16)9-13/h3,5-6,9,14,18H,2,4,7-8,10H2,1H3. The summed E-state index contributed by atoms with van der Waals surface area (Å²) in [6.07, 6.45) is 4.25. The van der Waals surface area contributed by atoms with E-state index < -0.39 is 0 Å². The van der Waals surface area contributed by atoms with Gasteiger partial charge in [0.15, 0.2) is 0 Å². The van der Waals surface area contributed by atoms with Crippen LogP contribution in [0.15, 0.2) is 33.6 Å². The molecule has 2 atom stereocenters. The fourth-order valence-corrected chi connectivity index (χ4v) is 4.64. The van der Waals surface area contributed by atoms with Crippen molar-refractivity contribution in [3.05, 3.63) is 28.7 Å². The highest BCUT2D eigenvalue weighted by Gasteiger charge is 2.36. The van der Waals surface area contributed by atoms with Crippen LogP contribution in [0.5, 0.6) is 0 Å². The molecule has 102 valence electrons. The van der Waals surface area contributed by atoms with Gasteiger partial charge in [0.25, 0.3) is 0 Å². The molecule has 1 N–H and O–H groups in total. The van der Waals surface area contributed by atoms with E-state index in [0.29, 0.717) is 5.25 Å². The topological polar surface area (TPSA) is 35.8 Å². The Kier molecular flexibility index (Phi) is 5.32. The zero-order valence-electron chi connectivity index (χ0n) is 11.2. The smallest absolute Gasteiger partial charge is 0.107 e. The van der Waals surface area contributed by atoms with E-state index in [1.165, 1.54) is 11.3 Å². The number of nitriles is 1. The van der Waals surface area contributed by atoms with Gasteiger partial charge in [-0.1, -0.05) is 28.9 Å². The normalized spacial score (nSPS) is 26.9. The zero-order valence-corrected chi connectivity index (χ0v) is 13.6. The number of rotatable bonds is 4. The minimum absolute atomic E-state index is 0.309. The van der Waals surface area contributed by atoms with Crippen LogP contribution in [0.4, 0.5) is 0 Å². The third-order valence-corrected chi connectivity index (χ3v) is 5.29. The van der Waals surface area contributed by atoms with Crippen LogP contribution in [-0.4, -0.2) is 17.3 Å². The molecule has 0 saturated heterocycles. The van der Waals surface area contributed by atoms with E-state index in [1.54, 1.807) is 0 Å². The van der Waals surface area contributed by atoms with E-state index in [1.807, 2.05) is 17.8 Å². The summed E-state index contributed by atoms with van der Waals surface area (Å²) in [6, 6.07) is 10.9. The molecule has 4 heteroatoms. The lowest BCUT2D eigenvalue weighted by atomic mass is 9.82. The van der Waals surface area contributed by atoms with Crippen molar-refractivity contribution < 1.29 is 0 Å². The monoisotopic (exact) mass is 338 g/mol. The predicted octanol–water partition coefficient (Wildman–Crippen LogP) is 4.36. The first-order valence-electron chi connectivity index (χ1n) is 6.76. The summed E-state index contributed by atoms with van der Waals surface area (Å²) >= 11 is 5.41. The Balaban J connectivity index is 2.03. The molecule has 0 spiro atoms. The van der Waals surface area contributed by atoms with Gasteiger partial charge in [-0.05, 0) is 50.4 Å². The molecule has 0 aromatic heterocycles. The number of thioether (sulfide) groups is 1. The van der Waals surface area contributed by atoms with Crippen molar-refractivity contribution >= 4 is 27.7 Å². The maximum absolute atomic E-state index is 9.47. The number of nitrogens with zero attached hydrogens (tertiary/aromatic N) is 1. The van der Waals surface area contributed by atoms with Crippen LogP contribution in [0.2, 0.25) is 0 Å². The van der Waals surface area contributed by atoms with Gasteiger partial charge in [0.2, 0.25) is 0 Å². The third kappa shape index (κ3) is 3.98. The molecule has 0 aliphatic heterocycles. The highest BCUT2D eigenvalue weighted by Crippen LogP contribution is 2.38. The van der Waals surface area contributed by atoms with Gasteiger partial charge in [-0.15, -0.1) is 11.8 Å². The van der Waals surface area contributed by atoms with E-state index in [2.05, 4.69) is 52.4 Å². The van der Waals surface area contributed by atoms with Gasteiger partial charge in [0.1, 0.15) is 5.54 Å². The summed E-state index contributed by atoms with van der Waals surface area (Å²) in [4.78, 5) is 1.28. The van der Waals surface area contributed by atoms with Crippen molar-refractivity contribution in [3.63, 3.8) is 0 Å². The second kappa shape index (κ2) is 6.78. The summed E-state index contributed by atoms with van der Waals surface area (Å²) in [5.74, 6) is 0. The summed E-state index contributed by atoms with van der Waals surface area (Å²) in [5, 5.41) is 13.4. The Morgan fingerprint density at radius 1 is 1.58 bits per heavy atom. The molecular weight excluding hydrogens is 320 g/mol. The Hall–Kier alpha value is -0.500. The average molecular weight is 339 g/mol. The number of hydrogen-bond donors (Lipinski definition) is 1. The summed E-state index contributed by atoms with van der Waals surface area (Å²) in [7, 11) is 0. The maximum atomic E-state index is 9.47. The van der Waals surface area contributed by atoms with E-state index in [4.69, 9.17) is 0 Å². The molecule has 0 bridgehead atoms. The van der Waals surface area contributed by atoms with Crippen molar-refractivity contribution in [2.24, 2.45) is 0 Å². The molecule has 2 rings (SSSR count). The molecule has 1 fully saturated rings. The van der Waals surface area contributed by atoms with Gasteiger partial charge < -0.3 is 0 Å². The largest absolute Gasteiger partial charge is 0.300 e. The van der Waals surface area contributed by atoms with Crippen molar-refractivity contribution in [1.29, 1.82) is 5.26 Å². The van der Waals surface area contributed by atoms with Crippen LogP contribution in [0.3, 0.4) is 0 Å². The van der Waals surface area contributed by atoms with Gasteiger partial charge in [0.05, 0.1) is 6.07 Å². The fourth-order valence-electron chi connectivity index (χ4n) is 2.70. The molecule has 0 amide bonds. The molecular formula is C15H19BrN2S. The summed E-state index contributed by atoms with van der Waals surface area (Å²) in [5.41, 5.74) is -0.309. The van der Waals surface area contributed by atoms with Gasteiger partial charge in [-0.3, -0.25) is 5.32 Å². The average Bonchev–Trinajstić information content (AvgIpc) is 2.39. The lowest BCUT2D eigenvalue weighted by Crippen LogP contribution is -2.48. The second-order valence-corrected chi connectivity index (χ2v) is 7.31. The molecule has 2 nitrogen and oxygen atoms in total. The minimum atomic E-state index is -0.309. The first kappa shape index (κ1) is 14.9. The van der Waals surface area contributed by atoms with Crippen LogP contribution in [0, 0.1) is 11.3 Å². The second-order valence-electron chi connectivity index (χ2n) is 5.02. The number of benzene rings is 1. The Labute approximate surface area is 128 Å². The van der Waals surface area contributed by atoms with Crippen LogP contribution >= 0.6 is 27.7 Å². The van der Waals surface area contributed by atoms with E-state index >= 15 is 0 Å². The summed E-state index contributed by atoms with van der Waals surface area (Å²) in [6.45, 7) is 2.94. The van der Waals surface area contributed by atoms with Gasteiger partial charge in [0, 0.05) is 14.6 Å². The molecule has 1 aliphatic rings. The quantitative estimate of drug-likeness (QED) is 0.886. The lowest BCUT2D eigenvalue weighted by molar-refractivity contribution is 0.309. The Morgan fingerprint density at radius 2 is 2.42 bits per heavy atom. The maximum Gasteiger partial charge on any atom is 0.107 e. The highest BCUT2D eigenvalue weighted by atomic mass is 79.9. The van der Waals surface area contributed by atoms with E-state index in [0.717, 1.165) is 30.3 Å². The van der Waals surface area contributed by atoms with E-state index in [9.17, 15) is 5.26 Å². The lowest BCUT2D eigenvalue weighted by Gasteiger charge is -2.36. The molecule has 1 saturated carbocycles. The molecule has 1 aromatic carbocycles. The molecule has 1 aromatic rings. The molecule has 0 heterocycles. The SMILES string of the molecule is CCNC1(C#N)CCCC(Sc2cccc(Br)c2)C1. The molecule has 2 unspecified atom stereocenters. The third-order valence-electron chi connectivity index (χ3n) is 3.53. The number of halogens is 1. The van der Waals surface area contributed by atoms with Crippen LogP contribution < -0.4 is 5.32 Å². The van der Waals surface area contributed by atoms with Crippen LogP contribution in [-0.2, 0) is 0 Å². The number of nitrogens with one attached hydrogen (secondary N) is 1.